The lowest BCUT2D eigenvalue weighted by molar-refractivity contribution is -0.116. The summed E-state index contributed by atoms with van der Waals surface area (Å²) in [5.41, 5.74) is 1.96. The topological polar surface area (TPSA) is 75.1 Å². The molecule has 1 aromatic carbocycles. The number of pyridine rings is 2. The molecule has 35 heavy (non-hydrogen) atoms. The molecule has 1 amide bonds. The summed E-state index contributed by atoms with van der Waals surface area (Å²) < 4.78 is 16.0. The predicted molar refractivity (Wildman–Crippen MR) is 135 cm³/mol. The van der Waals surface area contributed by atoms with Crippen molar-refractivity contribution in [1.29, 1.82) is 0 Å². The van der Waals surface area contributed by atoms with Crippen molar-refractivity contribution in [2.45, 2.75) is 18.5 Å². The van der Waals surface area contributed by atoms with Crippen molar-refractivity contribution < 1.29 is 9.18 Å². The molecule has 0 radical (unpaired) electrons. The highest BCUT2D eigenvalue weighted by molar-refractivity contribution is 7.80. The summed E-state index contributed by atoms with van der Waals surface area (Å²) in [4.78, 5) is 23.7. The van der Waals surface area contributed by atoms with Gasteiger partial charge in [-0.15, -0.1) is 0 Å². The van der Waals surface area contributed by atoms with Crippen LogP contribution in [0, 0.1) is 5.82 Å². The van der Waals surface area contributed by atoms with Gasteiger partial charge in [0.2, 0.25) is 5.91 Å². The first-order chi connectivity index (χ1) is 17.1. The molecule has 2 atom stereocenters. The molecule has 0 bridgehead atoms. The number of anilines is 1. The molecule has 0 aliphatic carbocycles. The first-order valence-electron chi connectivity index (χ1n) is 11.2. The monoisotopic (exact) mass is 486 g/mol. The van der Waals surface area contributed by atoms with E-state index in [1.54, 1.807) is 24.5 Å². The number of nitrogens with one attached hydrogen (secondary N) is 2. The van der Waals surface area contributed by atoms with Crippen molar-refractivity contribution in [3.8, 4) is 5.82 Å². The molecule has 7 nitrogen and oxygen atoms in total. The second-order valence-electron chi connectivity index (χ2n) is 8.09. The zero-order valence-corrected chi connectivity index (χ0v) is 19.5. The number of hydrogen-bond acceptors (Lipinski definition) is 4. The summed E-state index contributed by atoms with van der Waals surface area (Å²) in [6.07, 6.45) is 5.58. The van der Waals surface area contributed by atoms with Crippen molar-refractivity contribution in [2.75, 3.05) is 11.9 Å². The molecule has 4 heterocycles. The van der Waals surface area contributed by atoms with E-state index in [0.29, 0.717) is 11.7 Å². The van der Waals surface area contributed by atoms with Crippen molar-refractivity contribution in [3.05, 3.63) is 109 Å². The number of halogens is 1. The molecule has 9 heteroatoms. The standard InChI is InChI=1S/C26H23FN6OS/c27-18-8-1-2-9-19(18)30-23(34)13-17-33-25(24(31-26(33)35)20-10-3-5-14-28-20)21-11-7-16-32(21)22-12-4-6-15-29-22/h1-12,14-16,24-25H,13,17H2,(H,30,34)(H,31,35)/t24-,25-/m0/s1. The molecule has 2 N–H and O–H groups in total. The first kappa shape index (κ1) is 22.7. The number of benzene rings is 1. The minimum atomic E-state index is -0.472. The summed E-state index contributed by atoms with van der Waals surface area (Å²) in [6.45, 7) is 0.341. The van der Waals surface area contributed by atoms with Gasteiger partial charge in [-0.2, -0.15) is 0 Å². The van der Waals surface area contributed by atoms with Gasteiger partial charge in [-0.05, 0) is 60.7 Å². The fourth-order valence-electron chi connectivity index (χ4n) is 4.31. The van der Waals surface area contributed by atoms with E-state index in [4.69, 9.17) is 12.2 Å². The summed E-state index contributed by atoms with van der Waals surface area (Å²) >= 11 is 5.70. The van der Waals surface area contributed by atoms with Crippen molar-refractivity contribution in [3.63, 3.8) is 0 Å². The van der Waals surface area contributed by atoms with E-state index in [-0.39, 0.29) is 30.1 Å². The quantitative estimate of drug-likeness (QED) is 0.377. The Labute approximate surface area is 207 Å². The summed E-state index contributed by atoms with van der Waals surface area (Å²) in [5.74, 6) is 0.0147. The van der Waals surface area contributed by atoms with Crippen LogP contribution in [-0.2, 0) is 4.79 Å². The predicted octanol–water partition coefficient (Wildman–Crippen LogP) is 4.41. The lowest BCUT2D eigenvalue weighted by Crippen LogP contribution is -2.33. The number of amides is 1. The number of aromatic nitrogens is 3. The van der Waals surface area contributed by atoms with Crippen molar-refractivity contribution in [2.24, 2.45) is 0 Å². The van der Waals surface area contributed by atoms with Crippen LogP contribution >= 0.6 is 12.2 Å². The van der Waals surface area contributed by atoms with Gasteiger partial charge in [-0.25, -0.2) is 9.37 Å². The van der Waals surface area contributed by atoms with Crippen LogP contribution in [0.15, 0.2) is 91.4 Å². The van der Waals surface area contributed by atoms with Gasteiger partial charge < -0.3 is 20.1 Å². The second-order valence-corrected chi connectivity index (χ2v) is 8.48. The summed E-state index contributed by atoms with van der Waals surface area (Å²) in [7, 11) is 0. The van der Waals surface area contributed by atoms with E-state index in [9.17, 15) is 9.18 Å². The molecule has 0 spiro atoms. The van der Waals surface area contributed by atoms with E-state index in [2.05, 4.69) is 20.6 Å². The molecule has 1 aliphatic heterocycles. The third-order valence-corrected chi connectivity index (χ3v) is 6.26. The number of carbonyl (C=O) groups excluding carboxylic acids is 1. The van der Waals surface area contributed by atoms with Gasteiger partial charge in [0.05, 0.1) is 23.5 Å². The maximum Gasteiger partial charge on any atom is 0.226 e. The molecular formula is C26H23FN6OS. The van der Waals surface area contributed by atoms with Crippen LogP contribution < -0.4 is 10.6 Å². The second kappa shape index (κ2) is 10.0. The van der Waals surface area contributed by atoms with Gasteiger partial charge in [-0.1, -0.05) is 24.3 Å². The molecule has 1 saturated heterocycles. The number of rotatable bonds is 7. The maximum atomic E-state index is 14.0. The molecule has 1 fully saturated rings. The Kier molecular flexibility index (Phi) is 6.49. The van der Waals surface area contributed by atoms with E-state index in [0.717, 1.165) is 17.2 Å². The summed E-state index contributed by atoms with van der Waals surface area (Å²) in [6, 6.07) is 21.1. The smallest absolute Gasteiger partial charge is 0.226 e. The largest absolute Gasteiger partial charge is 0.352 e. The molecule has 0 saturated carbocycles. The van der Waals surface area contributed by atoms with Crippen molar-refractivity contribution >= 4 is 28.9 Å². The average Bonchev–Trinajstić information content (AvgIpc) is 3.49. The Morgan fingerprint density at radius 3 is 2.51 bits per heavy atom. The van der Waals surface area contributed by atoms with Gasteiger partial charge in [0.15, 0.2) is 5.11 Å². The van der Waals surface area contributed by atoms with Gasteiger partial charge >= 0.3 is 0 Å². The SMILES string of the molecule is O=C(CCN1C(=S)N[C@@H](c2ccccn2)[C@@H]1c1cccn1-c1ccccn1)Nc1ccccc1F. The number of nitrogens with zero attached hydrogens (tertiary/aromatic N) is 4. The molecule has 176 valence electrons. The number of para-hydroxylation sites is 1. The lowest BCUT2D eigenvalue weighted by atomic mass is 10.0. The Balaban J connectivity index is 1.44. The Morgan fingerprint density at radius 2 is 1.77 bits per heavy atom. The molecule has 0 unspecified atom stereocenters. The Morgan fingerprint density at radius 1 is 1.00 bits per heavy atom. The molecule has 5 rings (SSSR count). The third kappa shape index (κ3) is 4.76. The van der Waals surface area contributed by atoms with Gasteiger partial charge in [0.25, 0.3) is 0 Å². The van der Waals surface area contributed by atoms with Crippen LogP contribution in [0.4, 0.5) is 10.1 Å². The van der Waals surface area contributed by atoms with E-state index < -0.39 is 5.82 Å². The number of hydrogen-bond donors (Lipinski definition) is 2. The zero-order chi connectivity index (χ0) is 24.2. The van der Waals surface area contributed by atoms with Crippen LogP contribution in [0.1, 0.15) is 29.9 Å². The highest BCUT2D eigenvalue weighted by Crippen LogP contribution is 2.39. The number of thiocarbonyl (C=S) groups is 1. The maximum absolute atomic E-state index is 14.0. The Bertz CT molecular complexity index is 1330. The highest BCUT2D eigenvalue weighted by atomic mass is 32.1. The zero-order valence-electron chi connectivity index (χ0n) is 18.7. The fourth-order valence-corrected chi connectivity index (χ4v) is 4.64. The fraction of sp³-hybridized carbons (Fsp3) is 0.154. The lowest BCUT2D eigenvalue weighted by Gasteiger charge is -2.28. The Hall–Kier alpha value is -4.11. The molecule has 3 aromatic heterocycles. The van der Waals surface area contributed by atoms with E-state index in [1.807, 2.05) is 64.2 Å². The van der Waals surface area contributed by atoms with E-state index in [1.165, 1.54) is 12.1 Å². The normalized spacial score (nSPS) is 17.3. The van der Waals surface area contributed by atoms with Crippen LogP contribution in [-0.4, -0.2) is 37.0 Å². The van der Waals surface area contributed by atoms with Crippen LogP contribution in [0.25, 0.3) is 5.82 Å². The highest BCUT2D eigenvalue weighted by Gasteiger charge is 2.41. The first-order valence-corrected chi connectivity index (χ1v) is 11.6. The minimum Gasteiger partial charge on any atom is -0.352 e. The third-order valence-electron chi connectivity index (χ3n) is 5.90. The molecular weight excluding hydrogens is 463 g/mol. The van der Waals surface area contributed by atoms with Crippen LogP contribution in [0.3, 0.4) is 0 Å². The van der Waals surface area contributed by atoms with Gasteiger partial charge in [0, 0.05) is 37.3 Å². The van der Waals surface area contributed by atoms with Crippen LogP contribution in [0.5, 0.6) is 0 Å². The average molecular weight is 487 g/mol. The minimum absolute atomic E-state index is 0.131. The molecule has 1 aliphatic rings. The van der Waals surface area contributed by atoms with Gasteiger partial charge in [-0.3, -0.25) is 9.78 Å². The number of carbonyl (C=O) groups is 1. The summed E-state index contributed by atoms with van der Waals surface area (Å²) in [5, 5.41) is 6.56. The van der Waals surface area contributed by atoms with Crippen LogP contribution in [0.2, 0.25) is 0 Å². The van der Waals surface area contributed by atoms with Crippen molar-refractivity contribution in [1.82, 2.24) is 24.8 Å². The van der Waals surface area contributed by atoms with E-state index >= 15 is 0 Å². The molecule has 4 aromatic rings. The van der Waals surface area contributed by atoms with Gasteiger partial charge in [0.1, 0.15) is 11.6 Å².